The Labute approximate surface area is 179 Å². The summed E-state index contributed by atoms with van der Waals surface area (Å²) in [5.41, 5.74) is 5.05. The van der Waals surface area contributed by atoms with Crippen molar-refractivity contribution in [3.63, 3.8) is 0 Å². The Balaban J connectivity index is 1.47. The third-order valence-corrected chi connectivity index (χ3v) is 5.39. The molecule has 1 heterocycles. The van der Waals surface area contributed by atoms with Crippen LogP contribution in [-0.2, 0) is 9.53 Å². The van der Waals surface area contributed by atoms with E-state index in [1.165, 1.54) is 13.3 Å². The molecule has 0 aliphatic heterocycles. The largest absolute Gasteiger partial charge is 0.481 e. The molecule has 0 spiro atoms. The van der Waals surface area contributed by atoms with Crippen molar-refractivity contribution in [3.05, 3.63) is 83.6 Å². The molecular formula is C24H22N2O5. The van der Waals surface area contributed by atoms with Crippen LogP contribution in [0.5, 0.6) is 5.88 Å². The average Bonchev–Trinajstić information content (AvgIpc) is 3.11. The molecule has 7 heteroatoms. The van der Waals surface area contributed by atoms with Crippen LogP contribution in [0.25, 0.3) is 11.1 Å². The fraction of sp³-hybridized carbons (Fsp3) is 0.208. The number of carboxylic acid groups (broad SMARTS) is 1. The molecule has 0 bridgehead atoms. The molecule has 2 aromatic carbocycles. The average molecular weight is 418 g/mol. The summed E-state index contributed by atoms with van der Waals surface area (Å²) < 4.78 is 10.6. The van der Waals surface area contributed by atoms with Gasteiger partial charge in [-0.15, -0.1) is 0 Å². The standard InChI is InChI=1S/C24H22N2O5/c1-30-22-11-10-15(13-25-22)21(12-23(27)28)26-24(29)31-14-20-18-8-4-2-6-16(18)17-7-3-5-9-19(17)20/h2-11,13,20-21H,12,14H2,1H3,(H,26,29)(H,27,28)/t21-/m1/s1. The molecule has 158 valence electrons. The number of carbonyl (C=O) groups is 2. The minimum atomic E-state index is -1.04. The lowest BCUT2D eigenvalue weighted by Crippen LogP contribution is -2.31. The molecular weight excluding hydrogens is 396 g/mol. The van der Waals surface area contributed by atoms with Gasteiger partial charge in [0.05, 0.1) is 19.6 Å². The summed E-state index contributed by atoms with van der Waals surface area (Å²) in [6.45, 7) is 0.153. The van der Waals surface area contributed by atoms with E-state index in [0.717, 1.165) is 22.3 Å². The van der Waals surface area contributed by atoms with Gasteiger partial charge in [-0.05, 0) is 27.8 Å². The normalized spacial score (nSPS) is 13.1. The number of amides is 1. The van der Waals surface area contributed by atoms with Gasteiger partial charge in [0, 0.05) is 18.2 Å². The first kappa shape index (κ1) is 20.4. The van der Waals surface area contributed by atoms with Gasteiger partial charge in [-0.25, -0.2) is 9.78 Å². The lowest BCUT2D eigenvalue weighted by molar-refractivity contribution is -0.137. The van der Waals surface area contributed by atoms with Gasteiger partial charge in [-0.3, -0.25) is 4.79 Å². The predicted octanol–water partition coefficient (Wildman–Crippen LogP) is 4.14. The predicted molar refractivity (Wildman–Crippen MR) is 114 cm³/mol. The summed E-state index contributed by atoms with van der Waals surface area (Å²) >= 11 is 0. The number of aliphatic carboxylic acids is 1. The van der Waals surface area contributed by atoms with Crippen LogP contribution in [0.3, 0.4) is 0 Å². The number of aromatic nitrogens is 1. The summed E-state index contributed by atoms with van der Waals surface area (Å²) in [4.78, 5) is 27.9. The summed E-state index contributed by atoms with van der Waals surface area (Å²) in [5, 5.41) is 11.9. The van der Waals surface area contributed by atoms with Crippen LogP contribution in [0.4, 0.5) is 4.79 Å². The molecule has 0 radical (unpaired) electrons. The number of alkyl carbamates (subject to hydrolysis) is 1. The van der Waals surface area contributed by atoms with Crippen LogP contribution in [0.1, 0.15) is 35.1 Å². The van der Waals surface area contributed by atoms with Gasteiger partial charge in [0.15, 0.2) is 0 Å². The molecule has 1 aliphatic carbocycles. The van der Waals surface area contributed by atoms with Crippen LogP contribution in [0.2, 0.25) is 0 Å². The molecule has 1 aliphatic rings. The Kier molecular flexibility index (Phi) is 5.84. The zero-order chi connectivity index (χ0) is 21.8. The molecule has 31 heavy (non-hydrogen) atoms. The molecule has 1 atom stereocenters. The molecule has 2 N–H and O–H groups in total. The van der Waals surface area contributed by atoms with Crippen molar-refractivity contribution in [2.45, 2.75) is 18.4 Å². The second-order valence-corrected chi connectivity index (χ2v) is 7.25. The highest BCUT2D eigenvalue weighted by atomic mass is 16.5. The van der Waals surface area contributed by atoms with E-state index in [-0.39, 0.29) is 18.9 Å². The van der Waals surface area contributed by atoms with Crippen molar-refractivity contribution < 1.29 is 24.2 Å². The summed E-state index contributed by atoms with van der Waals surface area (Å²) in [7, 11) is 1.49. The Bertz CT molecular complexity index is 1050. The number of nitrogens with zero attached hydrogens (tertiary/aromatic N) is 1. The van der Waals surface area contributed by atoms with Crippen LogP contribution < -0.4 is 10.1 Å². The summed E-state index contributed by atoms with van der Waals surface area (Å²) in [6, 6.07) is 18.6. The summed E-state index contributed by atoms with van der Waals surface area (Å²) in [5.74, 6) is -0.711. The molecule has 3 aromatic rings. The van der Waals surface area contributed by atoms with Crippen LogP contribution in [-0.4, -0.2) is 35.9 Å². The Morgan fingerprint density at radius 2 is 1.68 bits per heavy atom. The Morgan fingerprint density at radius 3 is 2.23 bits per heavy atom. The van der Waals surface area contributed by atoms with Crippen LogP contribution in [0.15, 0.2) is 66.9 Å². The Morgan fingerprint density at radius 1 is 1.03 bits per heavy atom. The molecule has 1 aromatic heterocycles. The second-order valence-electron chi connectivity index (χ2n) is 7.25. The van der Waals surface area contributed by atoms with Crippen molar-refractivity contribution in [2.75, 3.05) is 13.7 Å². The number of ether oxygens (including phenoxy) is 2. The highest BCUT2D eigenvalue weighted by Crippen LogP contribution is 2.44. The van der Waals surface area contributed by atoms with Gasteiger partial charge in [-0.1, -0.05) is 54.6 Å². The van der Waals surface area contributed by atoms with Crippen molar-refractivity contribution in [1.82, 2.24) is 10.3 Å². The number of hydrogen-bond donors (Lipinski definition) is 2. The fourth-order valence-corrected chi connectivity index (χ4v) is 3.93. The van der Waals surface area contributed by atoms with E-state index in [1.807, 2.05) is 36.4 Å². The van der Waals surface area contributed by atoms with E-state index in [0.29, 0.717) is 11.4 Å². The summed E-state index contributed by atoms with van der Waals surface area (Å²) in [6.07, 6.45) is 0.512. The van der Waals surface area contributed by atoms with E-state index in [9.17, 15) is 14.7 Å². The van der Waals surface area contributed by atoms with Gasteiger partial charge >= 0.3 is 12.1 Å². The number of methoxy groups -OCH3 is 1. The number of rotatable bonds is 7. The van der Waals surface area contributed by atoms with E-state index < -0.39 is 18.1 Å². The smallest absolute Gasteiger partial charge is 0.407 e. The first-order chi connectivity index (χ1) is 15.1. The Hall–Kier alpha value is -3.87. The third-order valence-electron chi connectivity index (χ3n) is 5.39. The van der Waals surface area contributed by atoms with Crippen molar-refractivity contribution in [3.8, 4) is 17.0 Å². The zero-order valence-corrected chi connectivity index (χ0v) is 16.9. The quantitative estimate of drug-likeness (QED) is 0.598. The van der Waals surface area contributed by atoms with Crippen molar-refractivity contribution in [2.24, 2.45) is 0 Å². The SMILES string of the molecule is COc1ccc([C@@H](CC(=O)O)NC(=O)OCC2c3ccccc3-c3ccccc32)cn1. The minimum absolute atomic E-state index is 0.0706. The molecule has 0 saturated carbocycles. The maximum Gasteiger partial charge on any atom is 0.407 e. The number of benzene rings is 2. The maximum atomic E-state index is 12.5. The van der Waals surface area contributed by atoms with Gasteiger partial charge in [-0.2, -0.15) is 0 Å². The lowest BCUT2D eigenvalue weighted by atomic mass is 9.98. The monoisotopic (exact) mass is 418 g/mol. The van der Waals surface area contributed by atoms with Gasteiger partial charge in [0.2, 0.25) is 5.88 Å². The van der Waals surface area contributed by atoms with E-state index >= 15 is 0 Å². The number of pyridine rings is 1. The number of carbonyl (C=O) groups excluding carboxylic acids is 1. The zero-order valence-electron chi connectivity index (χ0n) is 16.9. The molecule has 7 nitrogen and oxygen atoms in total. The number of hydrogen-bond acceptors (Lipinski definition) is 5. The van der Waals surface area contributed by atoms with Gasteiger partial charge < -0.3 is 19.9 Å². The third kappa shape index (κ3) is 4.35. The first-order valence-electron chi connectivity index (χ1n) is 9.90. The molecule has 0 unspecified atom stereocenters. The first-order valence-corrected chi connectivity index (χ1v) is 9.90. The topological polar surface area (TPSA) is 97.8 Å². The van der Waals surface area contributed by atoms with Gasteiger partial charge in [0.25, 0.3) is 0 Å². The van der Waals surface area contributed by atoms with Crippen LogP contribution >= 0.6 is 0 Å². The number of nitrogens with one attached hydrogen (secondary N) is 1. The van der Waals surface area contributed by atoms with E-state index in [1.54, 1.807) is 12.1 Å². The molecule has 4 rings (SSSR count). The highest BCUT2D eigenvalue weighted by molar-refractivity contribution is 5.79. The number of fused-ring (bicyclic) bond motifs is 3. The number of carboxylic acids is 1. The molecule has 0 fully saturated rings. The second kappa shape index (κ2) is 8.87. The fourth-order valence-electron chi connectivity index (χ4n) is 3.93. The lowest BCUT2D eigenvalue weighted by Gasteiger charge is -2.19. The minimum Gasteiger partial charge on any atom is -0.481 e. The molecule has 0 saturated heterocycles. The van der Waals surface area contributed by atoms with Gasteiger partial charge in [0.1, 0.15) is 6.61 Å². The van der Waals surface area contributed by atoms with Crippen LogP contribution in [0, 0.1) is 0 Å². The van der Waals surface area contributed by atoms with Crippen molar-refractivity contribution >= 4 is 12.1 Å². The maximum absolute atomic E-state index is 12.5. The van der Waals surface area contributed by atoms with E-state index in [2.05, 4.69) is 22.4 Å². The highest BCUT2D eigenvalue weighted by Gasteiger charge is 2.29. The van der Waals surface area contributed by atoms with E-state index in [4.69, 9.17) is 9.47 Å². The van der Waals surface area contributed by atoms with Crippen molar-refractivity contribution in [1.29, 1.82) is 0 Å². The molecule has 1 amide bonds.